The number of hydrogen-bond donors (Lipinski definition) is 0. The second-order valence-electron chi connectivity index (χ2n) is 10.2. The minimum atomic E-state index is -2.90. The second-order valence-corrected chi connectivity index (χ2v) is 10.2. The molecule has 1 aromatic carbocycles. The zero-order valence-corrected chi connectivity index (χ0v) is 21.7. The zero-order valence-electron chi connectivity index (χ0n) is 21.7. The van der Waals surface area contributed by atoms with E-state index >= 15 is 0 Å². The number of alkyl halides is 2. The third-order valence-electron chi connectivity index (χ3n) is 7.77. The quantitative estimate of drug-likeness (QED) is 0.531. The number of rotatable bonds is 4. The largest absolute Gasteiger partial charge is 0.493 e. The molecule has 0 amide bonds. The molecule has 196 valence electrons. The lowest BCUT2D eigenvalue weighted by Crippen LogP contribution is -2.57. The number of hydrogen-bond acceptors (Lipinski definition) is 7. The molecule has 3 atom stereocenters. The Kier molecular flexibility index (Phi) is 6.18. The Morgan fingerprint density at radius 2 is 1.95 bits per heavy atom. The maximum atomic E-state index is 14.6. The molecule has 1 fully saturated rings. The fourth-order valence-electron chi connectivity index (χ4n) is 5.63. The number of imidazole rings is 1. The monoisotopic (exact) mass is 511 g/mol. The van der Waals surface area contributed by atoms with E-state index in [1.165, 1.54) is 4.57 Å². The maximum absolute atomic E-state index is 14.6. The first-order valence-corrected chi connectivity index (χ1v) is 12.5. The van der Waals surface area contributed by atoms with Gasteiger partial charge < -0.3 is 14.2 Å². The highest BCUT2D eigenvalue weighted by molar-refractivity contribution is 5.84. The van der Waals surface area contributed by atoms with Crippen LogP contribution in [0.3, 0.4) is 0 Å². The van der Waals surface area contributed by atoms with Crippen LogP contribution in [-0.4, -0.2) is 55.8 Å². The van der Waals surface area contributed by atoms with Crippen LogP contribution < -0.4 is 15.3 Å². The Morgan fingerprint density at radius 3 is 2.68 bits per heavy atom. The molecule has 1 saturated heterocycles. The standard InChI is InChI=1S/C26H31F2N7O2/c1-15-14-35(23-22-24(33(5)25(36)31-23)32(4)21(30-22)8-10-29)16(2)13-34(15)17(3)18-6-7-20-19(12-18)26(27,28)9-11-37-20/h6-7,12,15-17H,8-9,11,13-14H2,1-5H3/t15-,16+,17?/m1/s1. The van der Waals surface area contributed by atoms with E-state index in [0.717, 1.165) is 5.56 Å². The predicted octanol–water partition coefficient (Wildman–Crippen LogP) is 3.27. The summed E-state index contributed by atoms with van der Waals surface area (Å²) >= 11 is 0. The molecular weight excluding hydrogens is 480 g/mol. The Labute approximate surface area is 213 Å². The van der Waals surface area contributed by atoms with Crippen molar-refractivity contribution < 1.29 is 13.5 Å². The number of fused-ring (bicyclic) bond motifs is 2. The van der Waals surface area contributed by atoms with E-state index in [-0.39, 0.29) is 54.6 Å². The van der Waals surface area contributed by atoms with Crippen LogP contribution in [0.15, 0.2) is 23.0 Å². The highest BCUT2D eigenvalue weighted by Gasteiger charge is 2.40. The first kappa shape index (κ1) is 25.1. The van der Waals surface area contributed by atoms with Crippen LogP contribution in [0.5, 0.6) is 5.75 Å². The molecule has 0 radical (unpaired) electrons. The number of aryl methyl sites for hydroxylation is 2. The molecule has 0 saturated carbocycles. The molecule has 1 unspecified atom stereocenters. The van der Waals surface area contributed by atoms with Gasteiger partial charge in [-0.05, 0) is 38.5 Å². The number of ether oxygens (including phenoxy) is 1. The molecule has 2 aliphatic rings. The van der Waals surface area contributed by atoms with Crippen molar-refractivity contribution in [3.63, 3.8) is 0 Å². The van der Waals surface area contributed by atoms with Crippen LogP contribution in [0.4, 0.5) is 14.6 Å². The Hall–Kier alpha value is -3.52. The summed E-state index contributed by atoms with van der Waals surface area (Å²) in [5.74, 6) is -1.56. The summed E-state index contributed by atoms with van der Waals surface area (Å²) in [6.07, 6.45) is -0.188. The topological polar surface area (TPSA) is 92.2 Å². The number of halogens is 2. The van der Waals surface area contributed by atoms with E-state index in [1.54, 1.807) is 30.8 Å². The molecule has 11 heteroatoms. The summed E-state index contributed by atoms with van der Waals surface area (Å²) in [4.78, 5) is 26.2. The lowest BCUT2D eigenvalue weighted by atomic mass is 9.95. The number of benzene rings is 1. The molecule has 0 spiro atoms. The summed E-state index contributed by atoms with van der Waals surface area (Å²) < 4.78 is 37.8. The summed E-state index contributed by atoms with van der Waals surface area (Å²) in [7, 11) is 3.45. The van der Waals surface area contributed by atoms with Crippen molar-refractivity contribution in [1.29, 1.82) is 5.26 Å². The van der Waals surface area contributed by atoms with Crippen molar-refractivity contribution in [1.82, 2.24) is 24.0 Å². The van der Waals surface area contributed by atoms with E-state index in [4.69, 9.17) is 4.74 Å². The van der Waals surface area contributed by atoms with Crippen LogP contribution in [0.25, 0.3) is 11.2 Å². The average Bonchev–Trinajstić information content (AvgIpc) is 3.18. The first-order chi connectivity index (χ1) is 17.5. The van der Waals surface area contributed by atoms with Crippen LogP contribution in [0, 0.1) is 11.3 Å². The highest BCUT2D eigenvalue weighted by atomic mass is 19.3. The molecule has 0 bridgehead atoms. The molecule has 0 aliphatic carbocycles. The van der Waals surface area contributed by atoms with Crippen molar-refractivity contribution in [2.24, 2.45) is 14.1 Å². The minimum absolute atomic E-state index is 0.0174. The molecule has 37 heavy (non-hydrogen) atoms. The van der Waals surface area contributed by atoms with E-state index < -0.39 is 5.92 Å². The van der Waals surface area contributed by atoms with Gasteiger partial charge in [-0.25, -0.2) is 18.6 Å². The van der Waals surface area contributed by atoms with Gasteiger partial charge in [-0.15, -0.1) is 0 Å². The molecule has 5 rings (SSSR count). The Morgan fingerprint density at radius 1 is 1.19 bits per heavy atom. The van der Waals surface area contributed by atoms with Crippen molar-refractivity contribution in [3.8, 4) is 11.8 Å². The van der Waals surface area contributed by atoms with Crippen LogP contribution in [0.2, 0.25) is 0 Å². The van der Waals surface area contributed by atoms with Gasteiger partial charge in [-0.2, -0.15) is 10.2 Å². The maximum Gasteiger partial charge on any atom is 0.350 e. The highest BCUT2D eigenvalue weighted by Crippen LogP contribution is 2.43. The molecule has 3 aromatic rings. The molecule has 2 aromatic heterocycles. The normalized spacial score (nSPS) is 22.4. The van der Waals surface area contributed by atoms with Gasteiger partial charge in [0.25, 0.3) is 5.92 Å². The number of piperazine rings is 1. The van der Waals surface area contributed by atoms with Crippen molar-refractivity contribution >= 4 is 17.0 Å². The van der Waals surface area contributed by atoms with Gasteiger partial charge in [0.05, 0.1) is 31.1 Å². The molecule has 2 aliphatic heterocycles. The van der Waals surface area contributed by atoms with Gasteiger partial charge in [0, 0.05) is 45.3 Å². The van der Waals surface area contributed by atoms with Gasteiger partial charge in [0.2, 0.25) is 0 Å². The molecule has 9 nitrogen and oxygen atoms in total. The molecular formula is C26H31F2N7O2. The number of nitriles is 1. The van der Waals surface area contributed by atoms with Crippen LogP contribution in [0.1, 0.15) is 50.2 Å². The van der Waals surface area contributed by atoms with Crippen molar-refractivity contribution in [2.75, 3.05) is 24.6 Å². The van der Waals surface area contributed by atoms with Crippen LogP contribution >= 0.6 is 0 Å². The smallest absolute Gasteiger partial charge is 0.350 e. The summed E-state index contributed by atoms with van der Waals surface area (Å²) in [6.45, 7) is 7.42. The summed E-state index contributed by atoms with van der Waals surface area (Å²) in [5.41, 5.74) is 1.59. The van der Waals surface area contributed by atoms with E-state index in [9.17, 15) is 18.8 Å². The number of anilines is 1. The van der Waals surface area contributed by atoms with Crippen molar-refractivity contribution in [2.45, 2.75) is 57.7 Å². The third kappa shape index (κ3) is 4.13. The Balaban J connectivity index is 1.46. The van der Waals surface area contributed by atoms with Gasteiger partial charge in [0.15, 0.2) is 5.82 Å². The SMILES string of the molecule is CC(c1ccc2c(c1)C(F)(F)CCO2)N1C[C@H](C)N(c2nc(=O)n(C)c3c2nc(CC#N)n3C)C[C@H]1C. The fraction of sp³-hybridized carbons (Fsp3) is 0.538. The molecule has 0 N–H and O–H groups in total. The van der Waals surface area contributed by atoms with Gasteiger partial charge in [-0.3, -0.25) is 9.47 Å². The zero-order chi connectivity index (χ0) is 26.6. The van der Waals surface area contributed by atoms with Gasteiger partial charge in [-0.1, -0.05) is 6.07 Å². The van der Waals surface area contributed by atoms with Crippen molar-refractivity contribution in [3.05, 3.63) is 45.6 Å². The van der Waals surface area contributed by atoms with E-state index in [1.807, 2.05) is 13.0 Å². The van der Waals surface area contributed by atoms with Gasteiger partial charge in [0.1, 0.15) is 22.7 Å². The summed E-state index contributed by atoms with van der Waals surface area (Å²) in [6, 6.07) is 7.15. The Bertz CT molecular complexity index is 1460. The van der Waals surface area contributed by atoms with E-state index in [2.05, 4.69) is 39.7 Å². The first-order valence-electron chi connectivity index (χ1n) is 12.5. The second kappa shape index (κ2) is 9.10. The number of aromatic nitrogens is 4. The predicted molar refractivity (Wildman–Crippen MR) is 135 cm³/mol. The van der Waals surface area contributed by atoms with Crippen LogP contribution in [-0.2, 0) is 26.4 Å². The number of nitrogens with zero attached hydrogens (tertiary/aromatic N) is 7. The average molecular weight is 512 g/mol. The lowest BCUT2D eigenvalue weighted by molar-refractivity contribution is -0.0406. The minimum Gasteiger partial charge on any atom is -0.493 e. The summed E-state index contributed by atoms with van der Waals surface area (Å²) in [5, 5.41) is 9.21. The van der Waals surface area contributed by atoms with Gasteiger partial charge >= 0.3 is 5.69 Å². The molecule has 4 heterocycles. The lowest BCUT2D eigenvalue weighted by Gasteiger charge is -2.47. The fourth-order valence-corrected chi connectivity index (χ4v) is 5.63. The van der Waals surface area contributed by atoms with E-state index in [0.29, 0.717) is 35.9 Å². The third-order valence-corrected chi connectivity index (χ3v) is 7.77.